The number of benzene rings is 2. The second-order valence-electron chi connectivity index (χ2n) is 5.20. The molecule has 19 heavy (non-hydrogen) atoms. The Kier molecular flexibility index (Phi) is 3.36. The van der Waals surface area contributed by atoms with E-state index >= 15 is 0 Å². The lowest BCUT2D eigenvalue weighted by Crippen LogP contribution is -2.24. The van der Waals surface area contributed by atoms with Crippen LogP contribution >= 0.6 is 0 Å². The fourth-order valence-electron chi connectivity index (χ4n) is 2.81. The van der Waals surface area contributed by atoms with Gasteiger partial charge >= 0.3 is 0 Å². The molecule has 2 N–H and O–H groups in total. The van der Waals surface area contributed by atoms with E-state index in [1.807, 2.05) is 6.92 Å². The molecule has 0 radical (unpaired) electrons. The normalized spacial score (nSPS) is 15.1. The van der Waals surface area contributed by atoms with Crippen LogP contribution < -0.4 is 5.32 Å². The first-order valence-electron chi connectivity index (χ1n) is 6.87. The molecule has 0 aliphatic heterocycles. The summed E-state index contributed by atoms with van der Waals surface area (Å²) in [6.07, 6.45) is 0.528. The van der Waals surface area contributed by atoms with Crippen molar-refractivity contribution in [3.63, 3.8) is 0 Å². The molecule has 0 heterocycles. The average molecular weight is 253 g/mol. The molecule has 2 aromatic rings. The van der Waals surface area contributed by atoms with Gasteiger partial charge in [0.25, 0.3) is 0 Å². The number of nitrogens with one attached hydrogen (secondary N) is 1. The minimum Gasteiger partial charge on any atom is -0.393 e. The lowest BCUT2D eigenvalue weighted by atomic mass is 10.1. The predicted molar refractivity (Wildman–Crippen MR) is 78.0 cm³/mol. The van der Waals surface area contributed by atoms with E-state index in [4.69, 9.17) is 0 Å². The van der Waals surface area contributed by atoms with Gasteiger partial charge in [-0.15, -0.1) is 0 Å². The Morgan fingerprint density at radius 1 is 1.00 bits per heavy atom. The fourth-order valence-corrected chi connectivity index (χ4v) is 2.81. The SMILES string of the molecule is CC(O)CCNC1c2ccccc2-c2ccccc21. The van der Waals surface area contributed by atoms with E-state index in [1.54, 1.807) is 0 Å². The smallest absolute Gasteiger partial charge is 0.0589 e. The lowest BCUT2D eigenvalue weighted by molar-refractivity contribution is 0.183. The van der Waals surface area contributed by atoms with Crippen molar-refractivity contribution < 1.29 is 5.11 Å². The zero-order valence-corrected chi connectivity index (χ0v) is 11.1. The average Bonchev–Trinajstić information content (AvgIpc) is 2.74. The Hall–Kier alpha value is -1.64. The van der Waals surface area contributed by atoms with Crippen molar-refractivity contribution in [2.75, 3.05) is 6.54 Å². The van der Waals surface area contributed by atoms with Crippen molar-refractivity contribution in [3.05, 3.63) is 59.7 Å². The summed E-state index contributed by atoms with van der Waals surface area (Å²) in [7, 11) is 0. The number of rotatable bonds is 4. The van der Waals surface area contributed by atoms with E-state index < -0.39 is 0 Å². The molecule has 2 nitrogen and oxygen atoms in total. The van der Waals surface area contributed by atoms with E-state index in [9.17, 15) is 5.11 Å². The second-order valence-corrected chi connectivity index (χ2v) is 5.20. The zero-order chi connectivity index (χ0) is 13.2. The Morgan fingerprint density at radius 3 is 2.05 bits per heavy atom. The van der Waals surface area contributed by atoms with Gasteiger partial charge in [-0.2, -0.15) is 0 Å². The summed E-state index contributed by atoms with van der Waals surface area (Å²) in [6.45, 7) is 2.66. The molecule has 0 saturated carbocycles. The van der Waals surface area contributed by atoms with Gasteiger partial charge in [-0.05, 0) is 42.1 Å². The number of aliphatic hydroxyl groups excluding tert-OH is 1. The van der Waals surface area contributed by atoms with Crippen LogP contribution in [-0.2, 0) is 0 Å². The van der Waals surface area contributed by atoms with Gasteiger partial charge in [-0.3, -0.25) is 0 Å². The maximum atomic E-state index is 9.38. The summed E-state index contributed by atoms with van der Waals surface area (Å²) < 4.78 is 0. The summed E-state index contributed by atoms with van der Waals surface area (Å²) in [5, 5.41) is 12.9. The molecule has 2 aromatic carbocycles. The molecule has 0 bridgehead atoms. The maximum absolute atomic E-state index is 9.38. The molecule has 1 unspecified atom stereocenters. The summed E-state index contributed by atoms with van der Waals surface area (Å²) in [4.78, 5) is 0. The minimum absolute atomic E-state index is 0.251. The molecule has 0 amide bonds. The largest absolute Gasteiger partial charge is 0.393 e. The van der Waals surface area contributed by atoms with Gasteiger partial charge in [-0.1, -0.05) is 48.5 Å². The van der Waals surface area contributed by atoms with Crippen molar-refractivity contribution in [1.82, 2.24) is 5.32 Å². The van der Waals surface area contributed by atoms with Crippen molar-refractivity contribution in [2.24, 2.45) is 0 Å². The van der Waals surface area contributed by atoms with Crippen LogP contribution in [0, 0.1) is 0 Å². The third-order valence-electron chi connectivity index (χ3n) is 3.74. The van der Waals surface area contributed by atoms with E-state index in [0.717, 1.165) is 13.0 Å². The van der Waals surface area contributed by atoms with Crippen molar-refractivity contribution >= 4 is 0 Å². The monoisotopic (exact) mass is 253 g/mol. The van der Waals surface area contributed by atoms with E-state index in [1.165, 1.54) is 22.3 Å². The Balaban J connectivity index is 1.91. The minimum atomic E-state index is -0.251. The molecular formula is C17H19NO. The Labute approximate surface area is 114 Å². The molecule has 3 rings (SSSR count). The first-order chi connectivity index (χ1) is 9.27. The van der Waals surface area contributed by atoms with Crippen LogP contribution in [0.15, 0.2) is 48.5 Å². The molecule has 0 fully saturated rings. The summed E-state index contributed by atoms with van der Waals surface area (Å²) in [5.41, 5.74) is 5.34. The first-order valence-corrected chi connectivity index (χ1v) is 6.87. The Bertz CT molecular complexity index is 531. The van der Waals surface area contributed by atoms with Crippen molar-refractivity contribution in [1.29, 1.82) is 0 Å². The van der Waals surface area contributed by atoms with Crippen molar-refractivity contribution in [3.8, 4) is 11.1 Å². The van der Waals surface area contributed by atoms with Gasteiger partial charge in [0.15, 0.2) is 0 Å². The van der Waals surface area contributed by atoms with Crippen LogP contribution in [0.2, 0.25) is 0 Å². The number of hydrogen-bond acceptors (Lipinski definition) is 2. The molecular weight excluding hydrogens is 234 g/mol. The van der Waals surface area contributed by atoms with Gasteiger partial charge < -0.3 is 10.4 Å². The molecule has 0 spiro atoms. The van der Waals surface area contributed by atoms with E-state index in [0.29, 0.717) is 0 Å². The summed E-state index contributed by atoms with van der Waals surface area (Å²) >= 11 is 0. The van der Waals surface area contributed by atoms with Gasteiger partial charge in [0.05, 0.1) is 12.1 Å². The molecule has 0 saturated heterocycles. The molecule has 1 aliphatic carbocycles. The fraction of sp³-hybridized carbons (Fsp3) is 0.294. The number of fused-ring (bicyclic) bond motifs is 3. The van der Waals surface area contributed by atoms with E-state index in [2.05, 4.69) is 53.8 Å². The highest BCUT2D eigenvalue weighted by atomic mass is 16.3. The van der Waals surface area contributed by atoms with Crippen LogP contribution in [0.3, 0.4) is 0 Å². The maximum Gasteiger partial charge on any atom is 0.0589 e. The lowest BCUT2D eigenvalue weighted by Gasteiger charge is -2.16. The third-order valence-corrected chi connectivity index (χ3v) is 3.74. The van der Waals surface area contributed by atoms with Crippen LogP contribution in [0.4, 0.5) is 0 Å². The van der Waals surface area contributed by atoms with Gasteiger partial charge in [0, 0.05) is 0 Å². The van der Waals surface area contributed by atoms with Crippen LogP contribution in [0.25, 0.3) is 11.1 Å². The molecule has 98 valence electrons. The first kappa shape index (κ1) is 12.4. The highest BCUT2D eigenvalue weighted by Gasteiger charge is 2.27. The molecule has 1 aliphatic rings. The van der Waals surface area contributed by atoms with Gasteiger partial charge in [-0.25, -0.2) is 0 Å². The van der Waals surface area contributed by atoms with Gasteiger partial charge in [0.1, 0.15) is 0 Å². The van der Waals surface area contributed by atoms with Crippen LogP contribution in [0.5, 0.6) is 0 Å². The summed E-state index contributed by atoms with van der Waals surface area (Å²) in [5.74, 6) is 0. The standard InChI is InChI=1S/C17H19NO/c1-12(19)10-11-18-17-15-8-4-2-6-13(15)14-7-3-5-9-16(14)17/h2-9,12,17-19H,10-11H2,1H3. The highest BCUT2D eigenvalue weighted by molar-refractivity contribution is 5.78. The number of hydrogen-bond donors (Lipinski definition) is 2. The Morgan fingerprint density at radius 2 is 1.53 bits per heavy atom. The molecule has 1 atom stereocenters. The molecule has 0 aromatic heterocycles. The topological polar surface area (TPSA) is 32.3 Å². The second kappa shape index (κ2) is 5.16. The van der Waals surface area contributed by atoms with Gasteiger partial charge in [0.2, 0.25) is 0 Å². The third kappa shape index (κ3) is 2.29. The highest BCUT2D eigenvalue weighted by Crippen LogP contribution is 2.42. The zero-order valence-electron chi connectivity index (χ0n) is 11.1. The predicted octanol–water partition coefficient (Wildman–Crippen LogP) is 3.12. The van der Waals surface area contributed by atoms with Crippen molar-refractivity contribution in [2.45, 2.75) is 25.5 Å². The number of aliphatic hydroxyl groups is 1. The summed E-state index contributed by atoms with van der Waals surface area (Å²) in [6, 6.07) is 17.4. The quantitative estimate of drug-likeness (QED) is 0.877. The van der Waals surface area contributed by atoms with Crippen LogP contribution in [0.1, 0.15) is 30.5 Å². The van der Waals surface area contributed by atoms with Crippen LogP contribution in [-0.4, -0.2) is 17.8 Å². The van der Waals surface area contributed by atoms with E-state index in [-0.39, 0.29) is 12.1 Å². The molecule has 2 heteroatoms.